The number of rotatable bonds is 9. The topological polar surface area (TPSA) is 80.6 Å². The Morgan fingerprint density at radius 1 is 1.14 bits per heavy atom. The summed E-state index contributed by atoms with van der Waals surface area (Å²) in [7, 11) is 1.53. The molecule has 0 saturated heterocycles. The van der Waals surface area contributed by atoms with Crippen LogP contribution in [0.5, 0.6) is 17.2 Å². The Morgan fingerprint density at radius 2 is 1.86 bits per heavy atom. The number of anilines is 1. The van der Waals surface area contributed by atoms with Gasteiger partial charge in [-0.05, 0) is 89.9 Å². The van der Waals surface area contributed by atoms with Gasteiger partial charge >= 0.3 is 0 Å². The zero-order valence-corrected chi connectivity index (χ0v) is 22.9. The molecular formula is C27H23BrCl2N2O4. The molecule has 3 aromatic carbocycles. The third kappa shape index (κ3) is 7.41. The van der Waals surface area contributed by atoms with Crippen LogP contribution < -0.4 is 19.5 Å². The maximum atomic E-state index is 12.7. The van der Waals surface area contributed by atoms with Crippen molar-refractivity contribution < 1.29 is 19.0 Å². The van der Waals surface area contributed by atoms with Gasteiger partial charge in [0.25, 0.3) is 5.91 Å². The summed E-state index contributed by atoms with van der Waals surface area (Å²) in [6.45, 7) is 4.08. The number of amides is 1. The lowest BCUT2D eigenvalue weighted by Crippen LogP contribution is -2.13. The van der Waals surface area contributed by atoms with E-state index >= 15 is 0 Å². The number of hydrogen-bond donors (Lipinski definition) is 1. The standard InChI is InChI=1S/C27H23BrCl2N2O4/c1-16(2)36-26-23(28)11-17(12-25(26)34-3)10-19(14-31)27(33)32-21-6-8-22(9-7-21)35-15-18-4-5-20(29)13-24(18)30/h4-13,16H,15H2,1-3H3,(H,32,33)/b19-10+. The number of methoxy groups -OCH3 is 1. The number of nitrogens with one attached hydrogen (secondary N) is 1. The molecule has 1 N–H and O–H groups in total. The van der Waals surface area contributed by atoms with Crippen LogP contribution in [0.15, 0.2) is 64.6 Å². The number of ether oxygens (including phenoxy) is 3. The van der Waals surface area contributed by atoms with Gasteiger partial charge in [-0.2, -0.15) is 5.26 Å². The number of carbonyl (C=O) groups excluding carboxylic acids is 1. The number of benzene rings is 3. The van der Waals surface area contributed by atoms with E-state index in [0.717, 1.165) is 5.56 Å². The summed E-state index contributed by atoms with van der Waals surface area (Å²) in [5.74, 6) is 1.08. The van der Waals surface area contributed by atoms with Gasteiger partial charge in [0.05, 0.1) is 17.7 Å². The van der Waals surface area contributed by atoms with E-state index in [2.05, 4.69) is 21.2 Å². The molecule has 0 spiro atoms. The summed E-state index contributed by atoms with van der Waals surface area (Å²) in [5, 5.41) is 13.4. The van der Waals surface area contributed by atoms with E-state index in [1.54, 1.807) is 54.6 Å². The Hall–Kier alpha value is -3.18. The molecule has 0 aliphatic heterocycles. The molecule has 1 amide bonds. The Bertz CT molecular complexity index is 1320. The lowest BCUT2D eigenvalue weighted by atomic mass is 10.1. The highest BCUT2D eigenvalue weighted by Crippen LogP contribution is 2.38. The largest absolute Gasteiger partial charge is 0.493 e. The van der Waals surface area contributed by atoms with Crippen molar-refractivity contribution in [3.05, 3.63) is 85.8 Å². The predicted octanol–water partition coefficient (Wildman–Crippen LogP) is 7.68. The molecule has 36 heavy (non-hydrogen) atoms. The number of carbonyl (C=O) groups is 1. The Labute approximate surface area is 228 Å². The van der Waals surface area contributed by atoms with Gasteiger partial charge in [-0.1, -0.05) is 29.3 Å². The molecule has 186 valence electrons. The predicted molar refractivity (Wildman–Crippen MR) is 146 cm³/mol. The Morgan fingerprint density at radius 3 is 2.47 bits per heavy atom. The lowest BCUT2D eigenvalue weighted by molar-refractivity contribution is -0.112. The van der Waals surface area contributed by atoms with Crippen molar-refractivity contribution in [3.63, 3.8) is 0 Å². The summed E-state index contributed by atoms with van der Waals surface area (Å²) in [6.07, 6.45) is 1.43. The second-order valence-electron chi connectivity index (χ2n) is 7.87. The van der Waals surface area contributed by atoms with Crippen molar-refractivity contribution in [2.24, 2.45) is 0 Å². The average Bonchev–Trinajstić information content (AvgIpc) is 2.84. The smallest absolute Gasteiger partial charge is 0.266 e. The van der Waals surface area contributed by atoms with E-state index in [9.17, 15) is 10.1 Å². The van der Waals surface area contributed by atoms with Crippen LogP contribution in [0.1, 0.15) is 25.0 Å². The first-order valence-corrected chi connectivity index (χ1v) is 12.4. The van der Waals surface area contributed by atoms with Gasteiger partial charge in [0.2, 0.25) is 0 Å². The van der Waals surface area contributed by atoms with E-state index in [1.165, 1.54) is 13.2 Å². The van der Waals surface area contributed by atoms with Gasteiger partial charge in [-0.25, -0.2) is 0 Å². The second-order valence-corrected chi connectivity index (χ2v) is 9.57. The third-order valence-corrected chi connectivity index (χ3v) is 5.98. The molecule has 0 unspecified atom stereocenters. The van der Waals surface area contributed by atoms with Crippen LogP contribution in [0.25, 0.3) is 6.08 Å². The highest BCUT2D eigenvalue weighted by atomic mass is 79.9. The molecule has 0 radical (unpaired) electrons. The number of nitriles is 1. The second kappa shape index (κ2) is 12.7. The fourth-order valence-corrected chi connectivity index (χ4v) is 4.14. The molecule has 0 aliphatic rings. The van der Waals surface area contributed by atoms with Gasteiger partial charge in [0.15, 0.2) is 11.5 Å². The van der Waals surface area contributed by atoms with Crippen molar-refractivity contribution in [3.8, 4) is 23.3 Å². The first kappa shape index (κ1) is 27.4. The average molecular weight is 590 g/mol. The van der Waals surface area contributed by atoms with Crippen LogP contribution in [0.2, 0.25) is 10.0 Å². The lowest BCUT2D eigenvalue weighted by Gasteiger charge is -2.16. The minimum absolute atomic E-state index is 0.0518. The number of nitrogens with zero attached hydrogens (tertiary/aromatic N) is 1. The molecule has 3 aromatic rings. The summed E-state index contributed by atoms with van der Waals surface area (Å²) < 4.78 is 17.6. The highest BCUT2D eigenvalue weighted by molar-refractivity contribution is 9.10. The molecular weight excluding hydrogens is 567 g/mol. The maximum absolute atomic E-state index is 12.7. The summed E-state index contributed by atoms with van der Waals surface area (Å²) in [6, 6.07) is 17.4. The summed E-state index contributed by atoms with van der Waals surface area (Å²) >= 11 is 15.6. The molecule has 0 aromatic heterocycles. The molecule has 6 nitrogen and oxygen atoms in total. The Balaban J connectivity index is 1.69. The fraction of sp³-hybridized carbons (Fsp3) is 0.185. The first-order valence-electron chi connectivity index (χ1n) is 10.8. The maximum Gasteiger partial charge on any atom is 0.266 e. The summed E-state index contributed by atoms with van der Waals surface area (Å²) in [4.78, 5) is 12.7. The highest BCUT2D eigenvalue weighted by Gasteiger charge is 2.15. The van der Waals surface area contributed by atoms with E-state index in [4.69, 9.17) is 37.4 Å². The van der Waals surface area contributed by atoms with Gasteiger partial charge in [-0.15, -0.1) is 0 Å². The van der Waals surface area contributed by atoms with Crippen molar-refractivity contribution in [2.75, 3.05) is 12.4 Å². The Kier molecular flexibility index (Phi) is 9.65. The normalized spacial score (nSPS) is 11.1. The van der Waals surface area contributed by atoms with E-state index in [1.807, 2.05) is 19.9 Å². The molecule has 0 aliphatic carbocycles. The van der Waals surface area contributed by atoms with Crippen molar-refractivity contribution in [1.82, 2.24) is 0 Å². The molecule has 0 heterocycles. The van der Waals surface area contributed by atoms with E-state index in [-0.39, 0.29) is 18.3 Å². The van der Waals surface area contributed by atoms with Crippen molar-refractivity contribution in [1.29, 1.82) is 5.26 Å². The minimum atomic E-state index is -0.545. The van der Waals surface area contributed by atoms with Gasteiger partial charge < -0.3 is 19.5 Å². The van der Waals surface area contributed by atoms with Crippen molar-refractivity contribution in [2.45, 2.75) is 26.6 Å². The van der Waals surface area contributed by atoms with Gasteiger partial charge in [-0.3, -0.25) is 4.79 Å². The van der Waals surface area contributed by atoms with Crippen LogP contribution in [-0.4, -0.2) is 19.1 Å². The number of hydrogen-bond acceptors (Lipinski definition) is 5. The monoisotopic (exact) mass is 588 g/mol. The number of halogens is 3. The molecule has 3 rings (SSSR count). The van der Waals surface area contributed by atoms with Crippen LogP contribution in [0.4, 0.5) is 5.69 Å². The zero-order valence-electron chi connectivity index (χ0n) is 19.8. The van der Waals surface area contributed by atoms with Gasteiger partial charge in [0.1, 0.15) is 24.0 Å². The van der Waals surface area contributed by atoms with Crippen LogP contribution in [-0.2, 0) is 11.4 Å². The quantitative estimate of drug-likeness (QED) is 0.204. The molecule has 0 atom stereocenters. The van der Waals surface area contributed by atoms with Crippen LogP contribution in [0.3, 0.4) is 0 Å². The molecule has 0 saturated carbocycles. The van der Waals surface area contributed by atoms with E-state index in [0.29, 0.717) is 43.0 Å². The summed E-state index contributed by atoms with van der Waals surface area (Å²) in [5.41, 5.74) is 1.84. The van der Waals surface area contributed by atoms with E-state index < -0.39 is 5.91 Å². The molecule has 9 heteroatoms. The van der Waals surface area contributed by atoms with Gasteiger partial charge in [0, 0.05) is 21.3 Å². The zero-order chi connectivity index (χ0) is 26.2. The minimum Gasteiger partial charge on any atom is -0.493 e. The third-order valence-electron chi connectivity index (χ3n) is 4.80. The SMILES string of the molecule is COc1cc(/C=C(\C#N)C(=O)Nc2ccc(OCc3ccc(Cl)cc3Cl)cc2)cc(Br)c1OC(C)C. The van der Waals surface area contributed by atoms with Crippen molar-refractivity contribution >= 4 is 56.8 Å². The fourth-order valence-electron chi connectivity index (χ4n) is 3.12. The molecule has 0 bridgehead atoms. The first-order chi connectivity index (χ1) is 17.2. The van der Waals surface area contributed by atoms with Crippen LogP contribution >= 0.6 is 39.1 Å². The molecule has 0 fully saturated rings. The van der Waals surface area contributed by atoms with Crippen LogP contribution in [0, 0.1) is 11.3 Å².